The summed E-state index contributed by atoms with van der Waals surface area (Å²) in [6, 6.07) is 4.08. The molecule has 0 aromatic carbocycles. The van der Waals surface area contributed by atoms with Gasteiger partial charge in [-0.2, -0.15) is 0 Å². The van der Waals surface area contributed by atoms with E-state index in [0.29, 0.717) is 30.7 Å². The number of carbonyl (C=O) groups excluding carboxylic acids is 2. The topological polar surface area (TPSA) is 139 Å². The summed E-state index contributed by atoms with van der Waals surface area (Å²) in [6.45, 7) is 1.80. The molecule has 3 atom stereocenters. The summed E-state index contributed by atoms with van der Waals surface area (Å²) in [5.41, 5.74) is 0.889. The van der Waals surface area contributed by atoms with Crippen molar-refractivity contribution < 1.29 is 19.3 Å². The molecule has 3 N–H and O–H groups in total. The lowest BCUT2D eigenvalue weighted by Crippen LogP contribution is -2.50. The molecule has 0 spiro atoms. The molecule has 10 nitrogen and oxygen atoms in total. The van der Waals surface area contributed by atoms with Gasteiger partial charge >= 0.3 is 0 Å². The molecule has 0 aliphatic heterocycles. The third-order valence-corrected chi connectivity index (χ3v) is 4.92. The SMILES string of the molecule is Cc1nonc1CNC(=O)[C@H]1CC[C@@H](O)[C@H](NC(=O)Cn2ccccc2=O)C1. The molecule has 1 aliphatic carbocycles. The summed E-state index contributed by atoms with van der Waals surface area (Å²) in [5.74, 6) is -0.899. The summed E-state index contributed by atoms with van der Waals surface area (Å²) < 4.78 is 5.88. The standard InChI is InChI=1S/C18H23N5O5/c1-11-14(22-28-21-11)9-19-18(27)12-5-6-15(24)13(8-12)20-16(25)10-23-7-3-2-4-17(23)26/h2-4,7,12-13,15,24H,5-6,8-10H2,1H3,(H,19,27)(H,20,25)/t12-,13+,15+/m0/s1. The number of amides is 2. The average molecular weight is 389 g/mol. The molecule has 28 heavy (non-hydrogen) atoms. The van der Waals surface area contributed by atoms with Crippen molar-refractivity contribution in [2.45, 2.75) is 51.4 Å². The molecule has 0 unspecified atom stereocenters. The van der Waals surface area contributed by atoms with Crippen LogP contribution in [0.1, 0.15) is 30.7 Å². The Bertz CT molecular complexity index is 892. The van der Waals surface area contributed by atoms with Gasteiger partial charge in [-0.25, -0.2) is 4.63 Å². The highest BCUT2D eigenvalue weighted by molar-refractivity contribution is 5.79. The number of hydrogen-bond donors (Lipinski definition) is 3. The Morgan fingerprint density at radius 1 is 1.32 bits per heavy atom. The Kier molecular flexibility index (Phi) is 6.19. The zero-order valence-electron chi connectivity index (χ0n) is 15.5. The summed E-state index contributed by atoms with van der Waals surface area (Å²) in [4.78, 5) is 36.4. The summed E-state index contributed by atoms with van der Waals surface area (Å²) in [6.07, 6.45) is 2.03. The molecule has 10 heteroatoms. The van der Waals surface area contributed by atoms with Gasteiger partial charge in [-0.15, -0.1) is 0 Å². The molecule has 1 aliphatic rings. The number of carbonyl (C=O) groups is 2. The number of aryl methyl sites for hydroxylation is 1. The van der Waals surface area contributed by atoms with Gasteiger partial charge in [0.15, 0.2) is 0 Å². The van der Waals surface area contributed by atoms with Gasteiger partial charge in [0.2, 0.25) is 11.8 Å². The maximum absolute atomic E-state index is 12.4. The zero-order chi connectivity index (χ0) is 20.1. The number of pyridine rings is 1. The fourth-order valence-corrected chi connectivity index (χ4v) is 3.27. The highest BCUT2D eigenvalue weighted by Crippen LogP contribution is 2.25. The molecule has 150 valence electrons. The quantitative estimate of drug-likeness (QED) is 0.605. The number of hydrogen-bond acceptors (Lipinski definition) is 7. The number of aliphatic hydroxyl groups excluding tert-OH is 1. The van der Waals surface area contributed by atoms with Crippen LogP contribution in [-0.2, 0) is 22.7 Å². The third-order valence-electron chi connectivity index (χ3n) is 4.92. The van der Waals surface area contributed by atoms with Crippen LogP contribution >= 0.6 is 0 Å². The van der Waals surface area contributed by atoms with E-state index in [1.165, 1.54) is 16.8 Å². The Labute approximate surface area is 160 Å². The van der Waals surface area contributed by atoms with Crippen LogP contribution in [0.4, 0.5) is 0 Å². The zero-order valence-corrected chi connectivity index (χ0v) is 15.5. The molecular weight excluding hydrogens is 366 g/mol. The molecule has 0 radical (unpaired) electrons. The first-order chi connectivity index (χ1) is 13.4. The van der Waals surface area contributed by atoms with Crippen LogP contribution in [0.25, 0.3) is 0 Å². The monoisotopic (exact) mass is 389 g/mol. The largest absolute Gasteiger partial charge is 0.391 e. The van der Waals surface area contributed by atoms with E-state index < -0.39 is 12.1 Å². The molecule has 3 rings (SSSR count). The smallest absolute Gasteiger partial charge is 0.250 e. The van der Waals surface area contributed by atoms with Crippen molar-refractivity contribution in [1.82, 2.24) is 25.5 Å². The van der Waals surface area contributed by atoms with Crippen molar-refractivity contribution in [2.24, 2.45) is 5.92 Å². The van der Waals surface area contributed by atoms with Gasteiger partial charge < -0.3 is 20.3 Å². The Morgan fingerprint density at radius 3 is 2.86 bits per heavy atom. The van der Waals surface area contributed by atoms with Crippen molar-refractivity contribution in [3.63, 3.8) is 0 Å². The first-order valence-corrected chi connectivity index (χ1v) is 9.12. The van der Waals surface area contributed by atoms with Gasteiger partial charge in [-0.05, 0) is 32.3 Å². The molecule has 2 amide bonds. The van der Waals surface area contributed by atoms with E-state index in [-0.39, 0.29) is 36.4 Å². The van der Waals surface area contributed by atoms with Crippen molar-refractivity contribution in [3.05, 3.63) is 46.1 Å². The van der Waals surface area contributed by atoms with Gasteiger partial charge in [-0.1, -0.05) is 16.4 Å². The van der Waals surface area contributed by atoms with Gasteiger partial charge in [0.25, 0.3) is 5.56 Å². The molecule has 2 heterocycles. The lowest BCUT2D eigenvalue weighted by atomic mass is 9.83. The highest BCUT2D eigenvalue weighted by atomic mass is 16.6. The van der Waals surface area contributed by atoms with Gasteiger partial charge in [0.1, 0.15) is 17.9 Å². The fraction of sp³-hybridized carbons (Fsp3) is 0.500. The molecule has 2 aromatic rings. The molecule has 1 fully saturated rings. The highest BCUT2D eigenvalue weighted by Gasteiger charge is 2.33. The van der Waals surface area contributed by atoms with Crippen LogP contribution in [-0.4, -0.2) is 43.9 Å². The number of aliphatic hydroxyl groups is 1. The van der Waals surface area contributed by atoms with Crippen molar-refractivity contribution in [2.75, 3.05) is 0 Å². The molecule has 1 saturated carbocycles. The van der Waals surface area contributed by atoms with Gasteiger partial charge in [0, 0.05) is 18.2 Å². The number of rotatable bonds is 6. The molecular formula is C18H23N5O5. The Balaban J connectivity index is 1.54. The second-order valence-electron chi connectivity index (χ2n) is 6.93. The van der Waals surface area contributed by atoms with Crippen LogP contribution in [0.2, 0.25) is 0 Å². The van der Waals surface area contributed by atoms with Crippen LogP contribution < -0.4 is 16.2 Å². The third kappa shape index (κ3) is 4.83. The summed E-state index contributed by atoms with van der Waals surface area (Å²) in [7, 11) is 0. The van der Waals surface area contributed by atoms with E-state index in [9.17, 15) is 19.5 Å². The second kappa shape index (κ2) is 8.79. The van der Waals surface area contributed by atoms with Crippen molar-refractivity contribution in [1.29, 1.82) is 0 Å². The molecule has 2 aromatic heterocycles. The van der Waals surface area contributed by atoms with Crippen molar-refractivity contribution >= 4 is 11.8 Å². The van der Waals surface area contributed by atoms with Gasteiger partial charge in [0.05, 0.1) is 18.7 Å². The Morgan fingerprint density at radius 2 is 2.14 bits per heavy atom. The van der Waals surface area contributed by atoms with Crippen LogP contribution in [0.3, 0.4) is 0 Å². The van der Waals surface area contributed by atoms with E-state index in [0.717, 1.165) is 0 Å². The van der Waals surface area contributed by atoms with E-state index in [1.807, 2.05) is 0 Å². The first-order valence-electron chi connectivity index (χ1n) is 9.12. The maximum Gasteiger partial charge on any atom is 0.250 e. The molecule has 0 saturated heterocycles. The minimum atomic E-state index is -0.734. The van der Waals surface area contributed by atoms with Crippen molar-refractivity contribution in [3.8, 4) is 0 Å². The number of nitrogens with one attached hydrogen (secondary N) is 2. The average Bonchev–Trinajstić information content (AvgIpc) is 3.08. The van der Waals surface area contributed by atoms with Crippen LogP contribution in [0.15, 0.2) is 33.8 Å². The predicted octanol–water partition coefficient (Wildman–Crippen LogP) is -0.498. The first kappa shape index (κ1) is 19.7. The van der Waals surface area contributed by atoms with Gasteiger partial charge in [-0.3, -0.25) is 14.4 Å². The number of aromatic nitrogens is 3. The second-order valence-corrected chi connectivity index (χ2v) is 6.93. The van der Waals surface area contributed by atoms with Crippen LogP contribution in [0, 0.1) is 12.8 Å². The summed E-state index contributed by atoms with van der Waals surface area (Å²) >= 11 is 0. The minimum Gasteiger partial charge on any atom is -0.391 e. The lowest BCUT2D eigenvalue weighted by molar-refractivity contribution is -0.129. The van der Waals surface area contributed by atoms with E-state index in [4.69, 9.17) is 0 Å². The van der Waals surface area contributed by atoms with E-state index in [1.54, 1.807) is 19.1 Å². The van der Waals surface area contributed by atoms with Crippen LogP contribution in [0.5, 0.6) is 0 Å². The number of nitrogens with zero attached hydrogens (tertiary/aromatic N) is 3. The van der Waals surface area contributed by atoms with E-state index in [2.05, 4.69) is 25.6 Å². The maximum atomic E-state index is 12.4. The fourth-order valence-electron chi connectivity index (χ4n) is 3.27. The Hall–Kier alpha value is -3.01. The normalized spacial score (nSPS) is 21.9. The lowest BCUT2D eigenvalue weighted by Gasteiger charge is -2.33. The van der Waals surface area contributed by atoms with E-state index >= 15 is 0 Å². The predicted molar refractivity (Wildman–Crippen MR) is 96.9 cm³/mol. The molecule has 0 bridgehead atoms. The minimum absolute atomic E-state index is 0.141. The summed E-state index contributed by atoms with van der Waals surface area (Å²) in [5, 5.41) is 23.1.